The van der Waals surface area contributed by atoms with Gasteiger partial charge in [-0.1, -0.05) is 0 Å². The number of nitrogens with zero attached hydrogens (tertiary/aromatic N) is 1. The summed E-state index contributed by atoms with van der Waals surface area (Å²) in [5, 5.41) is 0. The van der Waals surface area contributed by atoms with E-state index in [1.54, 1.807) is 4.90 Å². The summed E-state index contributed by atoms with van der Waals surface area (Å²) >= 11 is 0. The van der Waals surface area contributed by atoms with Crippen LogP contribution in [-0.4, -0.2) is 35.7 Å². The monoisotopic (exact) mass is 170 g/mol. The van der Waals surface area contributed by atoms with E-state index in [-0.39, 0.29) is 24.3 Å². The predicted octanol–water partition coefficient (Wildman–Crippen LogP) is -0.475. The maximum absolute atomic E-state index is 11.2. The molecule has 0 bridgehead atoms. The highest BCUT2D eigenvalue weighted by Crippen LogP contribution is 2.17. The molecule has 0 spiro atoms. The lowest BCUT2D eigenvalue weighted by molar-refractivity contribution is -0.135. The smallest absolute Gasteiger partial charge is 0.236 e. The number of hydrogen-bond acceptors (Lipinski definition) is 3. The van der Waals surface area contributed by atoms with E-state index in [1.165, 1.54) is 6.92 Å². The van der Waals surface area contributed by atoms with Crippen LogP contribution in [0.1, 0.15) is 19.8 Å². The molecule has 1 fully saturated rings. The van der Waals surface area contributed by atoms with Crippen molar-refractivity contribution in [3.63, 3.8) is 0 Å². The number of ketones is 1. The first kappa shape index (κ1) is 9.19. The summed E-state index contributed by atoms with van der Waals surface area (Å²) in [6, 6.07) is -0.207. The Labute approximate surface area is 71.7 Å². The molecule has 4 nitrogen and oxygen atoms in total. The van der Waals surface area contributed by atoms with Gasteiger partial charge in [0, 0.05) is 6.54 Å². The summed E-state index contributed by atoms with van der Waals surface area (Å²) in [5.74, 6) is -0.0537. The van der Waals surface area contributed by atoms with Gasteiger partial charge in [-0.2, -0.15) is 0 Å². The molecule has 0 aliphatic carbocycles. The zero-order valence-electron chi connectivity index (χ0n) is 7.25. The number of rotatable bonds is 2. The van der Waals surface area contributed by atoms with Crippen molar-refractivity contribution in [3.8, 4) is 0 Å². The summed E-state index contributed by atoms with van der Waals surface area (Å²) in [5.41, 5.74) is 5.21. The van der Waals surface area contributed by atoms with Crippen LogP contribution in [-0.2, 0) is 9.59 Å². The largest absolute Gasteiger partial charge is 0.332 e. The molecule has 4 heteroatoms. The second-order valence-electron chi connectivity index (χ2n) is 3.06. The molecule has 1 atom stereocenters. The van der Waals surface area contributed by atoms with Crippen LogP contribution in [0.3, 0.4) is 0 Å². The zero-order chi connectivity index (χ0) is 9.14. The minimum Gasteiger partial charge on any atom is -0.332 e. The van der Waals surface area contributed by atoms with E-state index >= 15 is 0 Å². The van der Waals surface area contributed by atoms with Gasteiger partial charge in [-0.3, -0.25) is 9.59 Å². The van der Waals surface area contributed by atoms with Crippen LogP contribution in [0.15, 0.2) is 0 Å². The van der Waals surface area contributed by atoms with Crippen molar-refractivity contribution in [2.45, 2.75) is 25.8 Å². The number of amides is 1. The number of Topliss-reactive ketones (excluding diaryl/α,β-unsaturated/α-hetero) is 1. The standard InChI is InChI=1S/C8H14N2O2/c1-6(11)7-3-2-4-10(7)8(12)5-9/h7H,2-5,9H2,1H3/t7-/m1/s1. The summed E-state index contributed by atoms with van der Waals surface area (Å²) in [6.07, 6.45) is 1.71. The van der Waals surface area contributed by atoms with Gasteiger partial charge in [0.05, 0.1) is 12.6 Å². The van der Waals surface area contributed by atoms with Crippen LogP contribution in [0, 0.1) is 0 Å². The molecule has 0 radical (unpaired) electrons. The van der Waals surface area contributed by atoms with Gasteiger partial charge in [0.1, 0.15) is 0 Å². The fraction of sp³-hybridized carbons (Fsp3) is 0.750. The average molecular weight is 170 g/mol. The van der Waals surface area contributed by atoms with E-state index in [2.05, 4.69) is 0 Å². The third-order valence-corrected chi connectivity index (χ3v) is 2.22. The SMILES string of the molecule is CC(=O)[C@H]1CCCN1C(=O)CN. The summed E-state index contributed by atoms with van der Waals surface area (Å²) in [4.78, 5) is 23.8. The second-order valence-corrected chi connectivity index (χ2v) is 3.06. The van der Waals surface area contributed by atoms with Gasteiger partial charge < -0.3 is 10.6 Å². The van der Waals surface area contributed by atoms with E-state index < -0.39 is 0 Å². The summed E-state index contributed by atoms with van der Waals surface area (Å²) < 4.78 is 0. The Bertz CT molecular complexity index is 203. The molecule has 1 saturated heterocycles. The molecule has 12 heavy (non-hydrogen) atoms. The van der Waals surface area contributed by atoms with Crippen molar-refractivity contribution < 1.29 is 9.59 Å². The van der Waals surface area contributed by atoms with Crippen LogP contribution in [0.4, 0.5) is 0 Å². The Hall–Kier alpha value is -0.900. The molecule has 68 valence electrons. The maximum atomic E-state index is 11.2. The summed E-state index contributed by atoms with van der Waals surface area (Å²) in [6.45, 7) is 2.21. The molecule has 0 aromatic rings. The Balaban J connectivity index is 2.63. The molecule has 0 saturated carbocycles. The van der Waals surface area contributed by atoms with Gasteiger partial charge in [-0.15, -0.1) is 0 Å². The molecule has 1 heterocycles. The van der Waals surface area contributed by atoms with Gasteiger partial charge in [-0.05, 0) is 19.8 Å². The Kier molecular flexibility index (Phi) is 2.81. The third kappa shape index (κ3) is 1.64. The van der Waals surface area contributed by atoms with Crippen molar-refractivity contribution in [1.29, 1.82) is 0 Å². The van der Waals surface area contributed by atoms with Crippen LogP contribution in [0.5, 0.6) is 0 Å². The minimum atomic E-state index is -0.207. The van der Waals surface area contributed by atoms with Crippen LogP contribution in [0.2, 0.25) is 0 Å². The molecule has 0 aromatic carbocycles. The van der Waals surface area contributed by atoms with Crippen molar-refractivity contribution in [2.75, 3.05) is 13.1 Å². The minimum absolute atomic E-state index is 0.00375. The molecule has 1 aliphatic heterocycles. The Morgan fingerprint density at radius 1 is 1.58 bits per heavy atom. The Morgan fingerprint density at radius 2 is 2.25 bits per heavy atom. The molecule has 1 rings (SSSR count). The zero-order valence-corrected chi connectivity index (χ0v) is 7.25. The molecule has 0 aromatic heterocycles. The van der Waals surface area contributed by atoms with Crippen LogP contribution < -0.4 is 5.73 Å². The molecule has 1 amide bonds. The maximum Gasteiger partial charge on any atom is 0.236 e. The number of carbonyl (C=O) groups excluding carboxylic acids is 2. The average Bonchev–Trinajstić information content (AvgIpc) is 2.50. The molecule has 0 unspecified atom stereocenters. The fourth-order valence-electron chi connectivity index (χ4n) is 1.61. The topological polar surface area (TPSA) is 63.4 Å². The van der Waals surface area contributed by atoms with Gasteiger partial charge in [0.2, 0.25) is 5.91 Å². The first-order valence-electron chi connectivity index (χ1n) is 4.17. The van der Waals surface area contributed by atoms with Crippen molar-refractivity contribution in [1.82, 2.24) is 4.90 Å². The first-order valence-corrected chi connectivity index (χ1v) is 4.17. The second kappa shape index (κ2) is 3.67. The van der Waals surface area contributed by atoms with Crippen molar-refractivity contribution in [2.24, 2.45) is 5.73 Å². The van der Waals surface area contributed by atoms with Crippen molar-refractivity contribution in [3.05, 3.63) is 0 Å². The fourth-order valence-corrected chi connectivity index (χ4v) is 1.61. The van der Waals surface area contributed by atoms with E-state index in [9.17, 15) is 9.59 Å². The predicted molar refractivity (Wildman–Crippen MR) is 44.5 cm³/mol. The highest BCUT2D eigenvalue weighted by atomic mass is 16.2. The van der Waals surface area contributed by atoms with Crippen molar-refractivity contribution >= 4 is 11.7 Å². The van der Waals surface area contributed by atoms with E-state index in [0.29, 0.717) is 6.54 Å². The molecular weight excluding hydrogens is 156 g/mol. The third-order valence-electron chi connectivity index (χ3n) is 2.22. The van der Waals surface area contributed by atoms with Gasteiger partial charge in [0.15, 0.2) is 5.78 Å². The van der Waals surface area contributed by atoms with E-state index in [0.717, 1.165) is 12.8 Å². The van der Waals surface area contributed by atoms with Gasteiger partial charge in [0.25, 0.3) is 0 Å². The first-order chi connectivity index (χ1) is 5.66. The normalized spacial score (nSPS) is 22.8. The lowest BCUT2D eigenvalue weighted by atomic mass is 10.1. The molecule has 2 N–H and O–H groups in total. The van der Waals surface area contributed by atoms with Crippen LogP contribution in [0.25, 0.3) is 0 Å². The Morgan fingerprint density at radius 3 is 2.75 bits per heavy atom. The lowest BCUT2D eigenvalue weighted by Gasteiger charge is -2.21. The lowest BCUT2D eigenvalue weighted by Crippen LogP contribution is -2.42. The van der Waals surface area contributed by atoms with Gasteiger partial charge >= 0.3 is 0 Å². The molecular formula is C8H14N2O2. The van der Waals surface area contributed by atoms with E-state index in [1.807, 2.05) is 0 Å². The number of hydrogen-bond donors (Lipinski definition) is 1. The van der Waals surface area contributed by atoms with Crippen LogP contribution >= 0.6 is 0 Å². The number of likely N-dealkylation sites (tertiary alicyclic amines) is 1. The van der Waals surface area contributed by atoms with Gasteiger partial charge in [-0.25, -0.2) is 0 Å². The summed E-state index contributed by atoms with van der Waals surface area (Å²) in [7, 11) is 0. The highest BCUT2D eigenvalue weighted by molar-refractivity contribution is 5.88. The number of carbonyl (C=O) groups is 2. The quantitative estimate of drug-likeness (QED) is 0.609. The highest BCUT2D eigenvalue weighted by Gasteiger charge is 2.30. The number of nitrogens with two attached hydrogens (primary N) is 1. The molecule has 1 aliphatic rings. The van der Waals surface area contributed by atoms with E-state index in [4.69, 9.17) is 5.73 Å².